The Bertz CT molecular complexity index is 1420. The van der Waals surface area contributed by atoms with Gasteiger partial charge in [-0.2, -0.15) is 0 Å². The number of nitrogens with zero attached hydrogens (tertiary/aromatic N) is 5. The van der Waals surface area contributed by atoms with Crippen LogP contribution in [0.15, 0.2) is 65.6 Å². The molecule has 4 heterocycles. The molecule has 1 saturated heterocycles. The van der Waals surface area contributed by atoms with Crippen LogP contribution in [0.2, 0.25) is 0 Å². The lowest BCUT2D eigenvalue weighted by atomic mass is 9.96. The van der Waals surface area contributed by atoms with Crippen LogP contribution in [0.25, 0.3) is 11.3 Å². The minimum absolute atomic E-state index is 0.235. The fraction of sp³-hybridized carbons (Fsp3) is 0.286. The summed E-state index contributed by atoms with van der Waals surface area (Å²) in [5.74, 6) is 7.71. The number of carbonyl (C=O) groups is 1. The molecule has 9 nitrogen and oxygen atoms in total. The predicted octanol–water partition coefficient (Wildman–Crippen LogP) is 2.74. The Balaban J connectivity index is 1.16. The van der Waals surface area contributed by atoms with E-state index in [0.717, 1.165) is 47.7 Å². The van der Waals surface area contributed by atoms with E-state index in [0.29, 0.717) is 30.5 Å². The molecule has 0 saturated carbocycles. The SMILES string of the molecule is CC(O)c1nccn1Cc1cc(-c2ccc(C#Cc3ccc(CN4CC(CC(N)=O)C4)nc3)cc2)on1. The number of amides is 1. The number of hydrogen-bond acceptors (Lipinski definition) is 7. The van der Waals surface area contributed by atoms with Gasteiger partial charge in [-0.15, -0.1) is 0 Å². The van der Waals surface area contributed by atoms with Gasteiger partial charge in [-0.3, -0.25) is 14.7 Å². The lowest BCUT2D eigenvalue weighted by molar-refractivity contribution is -0.120. The molecule has 1 aliphatic heterocycles. The van der Waals surface area contributed by atoms with E-state index in [9.17, 15) is 9.90 Å². The lowest BCUT2D eigenvalue weighted by Crippen LogP contribution is -2.47. The molecule has 1 unspecified atom stereocenters. The van der Waals surface area contributed by atoms with Crippen LogP contribution in [0.3, 0.4) is 0 Å². The third-order valence-corrected chi connectivity index (χ3v) is 6.27. The van der Waals surface area contributed by atoms with Crippen LogP contribution in [0.1, 0.15) is 47.8 Å². The summed E-state index contributed by atoms with van der Waals surface area (Å²) in [4.78, 5) is 21.9. The summed E-state index contributed by atoms with van der Waals surface area (Å²) in [6.07, 6.45) is 5.05. The van der Waals surface area contributed by atoms with E-state index < -0.39 is 6.10 Å². The normalized spacial score (nSPS) is 14.5. The highest BCUT2D eigenvalue weighted by molar-refractivity contribution is 5.74. The number of aliphatic hydroxyl groups is 1. The zero-order chi connectivity index (χ0) is 25.8. The molecule has 37 heavy (non-hydrogen) atoms. The van der Waals surface area contributed by atoms with Gasteiger partial charge in [-0.05, 0) is 49.2 Å². The van der Waals surface area contributed by atoms with Crippen LogP contribution in [-0.4, -0.2) is 48.7 Å². The van der Waals surface area contributed by atoms with Crippen LogP contribution in [0.5, 0.6) is 0 Å². The number of imidazole rings is 1. The van der Waals surface area contributed by atoms with Crippen LogP contribution >= 0.6 is 0 Å². The molecule has 1 aliphatic rings. The first-order chi connectivity index (χ1) is 17.9. The molecule has 3 N–H and O–H groups in total. The van der Waals surface area contributed by atoms with Crippen molar-refractivity contribution in [2.24, 2.45) is 11.7 Å². The molecule has 3 aromatic heterocycles. The fourth-order valence-corrected chi connectivity index (χ4v) is 4.42. The molecule has 1 atom stereocenters. The predicted molar refractivity (Wildman–Crippen MR) is 137 cm³/mol. The Kier molecular flexibility index (Phi) is 7.12. The second-order valence-electron chi connectivity index (χ2n) is 9.37. The van der Waals surface area contributed by atoms with Gasteiger partial charge in [0.2, 0.25) is 5.91 Å². The first-order valence-electron chi connectivity index (χ1n) is 12.2. The van der Waals surface area contributed by atoms with Gasteiger partial charge in [0, 0.05) is 67.4 Å². The maximum atomic E-state index is 11.0. The minimum Gasteiger partial charge on any atom is -0.385 e. The van der Waals surface area contributed by atoms with Gasteiger partial charge in [-0.25, -0.2) is 4.98 Å². The van der Waals surface area contributed by atoms with Gasteiger partial charge >= 0.3 is 0 Å². The molecule has 4 aromatic rings. The molecule has 0 aliphatic carbocycles. The zero-order valence-electron chi connectivity index (χ0n) is 20.5. The molecule has 0 spiro atoms. The van der Waals surface area contributed by atoms with Crippen molar-refractivity contribution in [1.82, 2.24) is 24.6 Å². The number of primary amides is 1. The molecular formula is C28H28N6O3. The highest BCUT2D eigenvalue weighted by atomic mass is 16.5. The number of rotatable bonds is 8. The average molecular weight is 497 g/mol. The second-order valence-corrected chi connectivity index (χ2v) is 9.37. The van der Waals surface area contributed by atoms with E-state index in [1.54, 1.807) is 19.3 Å². The van der Waals surface area contributed by atoms with Crippen molar-refractivity contribution in [2.45, 2.75) is 32.5 Å². The molecule has 0 radical (unpaired) electrons. The Morgan fingerprint density at radius 3 is 2.57 bits per heavy atom. The molecule has 5 rings (SSSR count). The maximum absolute atomic E-state index is 11.0. The summed E-state index contributed by atoms with van der Waals surface area (Å²) in [6, 6.07) is 13.6. The third kappa shape index (κ3) is 6.12. The summed E-state index contributed by atoms with van der Waals surface area (Å²) in [7, 11) is 0. The number of hydrogen-bond donors (Lipinski definition) is 2. The highest BCUT2D eigenvalue weighted by Gasteiger charge is 2.27. The standard InChI is InChI=1S/C28H28N6O3/c1-19(35)28-30-10-11-34(28)18-25-13-26(37-32-25)23-7-4-20(5-8-23)2-3-21-6-9-24(31-14-21)17-33-15-22(16-33)12-27(29)36/h4-11,13-14,19,22,35H,12,15-18H2,1H3,(H2,29,36). The van der Waals surface area contributed by atoms with E-state index in [-0.39, 0.29) is 5.91 Å². The summed E-state index contributed by atoms with van der Waals surface area (Å²) in [6.45, 7) is 4.67. The average Bonchev–Trinajstić information content (AvgIpc) is 3.52. The first-order valence-corrected chi connectivity index (χ1v) is 12.2. The van der Waals surface area contributed by atoms with Crippen molar-refractivity contribution in [3.8, 4) is 23.2 Å². The zero-order valence-corrected chi connectivity index (χ0v) is 20.5. The molecule has 1 fully saturated rings. The van der Waals surface area contributed by atoms with E-state index >= 15 is 0 Å². The minimum atomic E-state index is -0.655. The van der Waals surface area contributed by atoms with Crippen LogP contribution in [0, 0.1) is 17.8 Å². The van der Waals surface area contributed by atoms with Gasteiger partial charge in [0.15, 0.2) is 5.76 Å². The Labute approximate surface area is 214 Å². The van der Waals surface area contributed by atoms with Gasteiger partial charge in [-0.1, -0.05) is 17.0 Å². The highest BCUT2D eigenvalue weighted by Crippen LogP contribution is 2.22. The number of nitrogens with two attached hydrogens (primary N) is 1. The number of aromatic nitrogens is 4. The Morgan fingerprint density at radius 2 is 1.86 bits per heavy atom. The number of carbonyl (C=O) groups excluding carboxylic acids is 1. The van der Waals surface area contributed by atoms with Crippen LogP contribution < -0.4 is 5.73 Å². The topological polar surface area (TPSA) is 123 Å². The maximum Gasteiger partial charge on any atom is 0.217 e. The third-order valence-electron chi connectivity index (χ3n) is 6.27. The van der Waals surface area contributed by atoms with Gasteiger partial charge in [0.1, 0.15) is 17.6 Å². The molecule has 188 valence electrons. The molecule has 9 heteroatoms. The van der Waals surface area contributed by atoms with Crippen molar-refractivity contribution in [2.75, 3.05) is 13.1 Å². The summed E-state index contributed by atoms with van der Waals surface area (Å²) in [5, 5.41) is 14.0. The van der Waals surface area contributed by atoms with E-state index in [1.165, 1.54) is 0 Å². The molecule has 0 bridgehead atoms. The smallest absolute Gasteiger partial charge is 0.217 e. The van der Waals surface area contributed by atoms with Crippen molar-refractivity contribution >= 4 is 5.91 Å². The fourth-order valence-electron chi connectivity index (χ4n) is 4.42. The van der Waals surface area contributed by atoms with E-state index in [2.05, 4.69) is 31.9 Å². The monoisotopic (exact) mass is 496 g/mol. The van der Waals surface area contributed by atoms with E-state index in [4.69, 9.17) is 10.3 Å². The molecule has 1 amide bonds. The number of likely N-dealkylation sites (tertiary alicyclic amines) is 1. The van der Waals surface area contributed by atoms with Gasteiger partial charge in [0.25, 0.3) is 0 Å². The quantitative estimate of drug-likeness (QED) is 0.360. The Morgan fingerprint density at radius 1 is 1.11 bits per heavy atom. The van der Waals surface area contributed by atoms with Crippen molar-refractivity contribution in [3.63, 3.8) is 0 Å². The van der Waals surface area contributed by atoms with Crippen molar-refractivity contribution < 1.29 is 14.4 Å². The summed E-state index contributed by atoms with van der Waals surface area (Å²) in [5.41, 5.74) is 9.61. The summed E-state index contributed by atoms with van der Waals surface area (Å²) < 4.78 is 7.37. The lowest BCUT2D eigenvalue weighted by Gasteiger charge is -2.38. The summed E-state index contributed by atoms with van der Waals surface area (Å²) >= 11 is 0. The van der Waals surface area contributed by atoms with Crippen molar-refractivity contribution in [1.29, 1.82) is 0 Å². The van der Waals surface area contributed by atoms with E-state index in [1.807, 2.05) is 53.2 Å². The number of benzene rings is 1. The van der Waals surface area contributed by atoms with Crippen LogP contribution in [-0.2, 0) is 17.9 Å². The number of pyridine rings is 1. The number of aliphatic hydroxyl groups excluding tert-OH is 1. The Hall–Kier alpha value is -4.26. The largest absolute Gasteiger partial charge is 0.385 e. The van der Waals surface area contributed by atoms with Gasteiger partial charge in [0.05, 0.1) is 12.2 Å². The van der Waals surface area contributed by atoms with Crippen LogP contribution in [0.4, 0.5) is 0 Å². The molecular weight excluding hydrogens is 468 g/mol. The first kappa shape index (κ1) is 24.4. The second kappa shape index (κ2) is 10.8. The van der Waals surface area contributed by atoms with Gasteiger partial charge < -0.3 is 19.9 Å². The molecule has 1 aromatic carbocycles. The van der Waals surface area contributed by atoms with Crippen molar-refractivity contribution in [3.05, 3.63) is 89.4 Å².